The number of rotatable bonds is 3. The summed E-state index contributed by atoms with van der Waals surface area (Å²) < 4.78 is 6.77. The fourth-order valence-corrected chi connectivity index (χ4v) is 2.10. The first-order valence-electron chi connectivity index (χ1n) is 6.02. The second-order valence-corrected chi connectivity index (χ2v) is 6.90. The van der Waals surface area contributed by atoms with Gasteiger partial charge in [-0.3, -0.25) is 0 Å². The van der Waals surface area contributed by atoms with Crippen molar-refractivity contribution in [3.8, 4) is 5.75 Å². The summed E-state index contributed by atoms with van der Waals surface area (Å²) in [5, 5.41) is 0. The van der Waals surface area contributed by atoms with Crippen LogP contribution in [-0.4, -0.2) is 12.1 Å². The van der Waals surface area contributed by atoms with Crippen molar-refractivity contribution in [2.24, 2.45) is 5.73 Å². The SMILES string of the molecule is CC(C)(C)c1ccc(OCC2(N)CC2)c(Br)c1. The third kappa shape index (κ3) is 3.23. The molecule has 1 saturated carbocycles. The summed E-state index contributed by atoms with van der Waals surface area (Å²) in [5.74, 6) is 0.884. The Kier molecular flexibility index (Phi) is 3.25. The molecule has 0 aliphatic heterocycles. The van der Waals surface area contributed by atoms with E-state index in [1.165, 1.54) is 5.56 Å². The van der Waals surface area contributed by atoms with E-state index in [1.54, 1.807) is 0 Å². The molecule has 0 radical (unpaired) electrons. The van der Waals surface area contributed by atoms with Gasteiger partial charge in [-0.05, 0) is 51.9 Å². The molecule has 0 spiro atoms. The van der Waals surface area contributed by atoms with Gasteiger partial charge in [-0.15, -0.1) is 0 Å². The highest BCUT2D eigenvalue weighted by molar-refractivity contribution is 9.10. The molecular formula is C14H20BrNO. The van der Waals surface area contributed by atoms with Gasteiger partial charge >= 0.3 is 0 Å². The van der Waals surface area contributed by atoms with E-state index in [0.717, 1.165) is 23.1 Å². The van der Waals surface area contributed by atoms with Crippen LogP contribution in [-0.2, 0) is 5.41 Å². The maximum Gasteiger partial charge on any atom is 0.133 e. The van der Waals surface area contributed by atoms with Crippen molar-refractivity contribution in [2.45, 2.75) is 44.6 Å². The van der Waals surface area contributed by atoms with Crippen LogP contribution in [0.25, 0.3) is 0 Å². The van der Waals surface area contributed by atoms with E-state index in [0.29, 0.717) is 6.61 Å². The average molecular weight is 298 g/mol. The molecule has 1 aliphatic carbocycles. The molecule has 1 aliphatic rings. The van der Waals surface area contributed by atoms with Crippen molar-refractivity contribution < 1.29 is 4.74 Å². The van der Waals surface area contributed by atoms with Crippen LogP contribution in [0.3, 0.4) is 0 Å². The van der Waals surface area contributed by atoms with Gasteiger partial charge in [0, 0.05) is 0 Å². The molecule has 2 nitrogen and oxygen atoms in total. The molecule has 0 aromatic heterocycles. The summed E-state index contributed by atoms with van der Waals surface area (Å²) in [5.41, 5.74) is 7.39. The molecule has 2 rings (SSSR count). The maximum atomic E-state index is 6.00. The normalized spacial score (nSPS) is 17.9. The van der Waals surface area contributed by atoms with E-state index < -0.39 is 0 Å². The Labute approximate surface area is 112 Å². The highest BCUT2D eigenvalue weighted by Crippen LogP contribution is 2.35. The minimum atomic E-state index is -0.0673. The second-order valence-electron chi connectivity index (χ2n) is 6.05. The summed E-state index contributed by atoms with van der Waals surface area (Å²) in [6, 6.07) is 6.28. The Morgan fingerprint density at radius 1 is 1.35 bits per heavy atom. The lowest BCUT2D eigenvalue weighted by Crippen LogP contribution is -2.29. The van der Waals surface area contributed by atoms with Crippen molar-refractivity contribution in [2.75, 3.05) is 6.61 Å². The highest BCUT2D eigenvalue weighted by Gasteiger charge is 2.39. The molecule has 2 N–H and O–H groups in total. The largest absolute Gasteiger partial charge is 0.490 e. The van der Waals surface area contributed by atoms with E-state index in [9.17, 15) is 0 Å². The molecule has 0 saturated heterocycles. The summed E-state index contributed by atoms with van der Waals surface area (Å²) in [7, 11) is 0. The molecule has 1 aromatic carbocycles. The van der Waals surface area contributed by atoms with Crippen molar-refractivity contribution in [3.63, 3.8) is 0 Å². The summed E-state index contributed by atoms with van der Waals surface area (Å²) in [4.78, 5) is 0. The summed E-state index contributed by atoms with van der Waals surface area (Å²) in [6.45, 7) is 7.22. The lowest BCUT2D eigenvalue weighted by molar-refractivity contribution is 0.277. The molecule has 94 valence electrons. The zero-order valence-corrected chi connectivity index (χ0v) is 12.3. The first kappa shape index (κ1) is 12.9. The average Bonchev–Trinajstić information content (AvgIpc) is 2.94. The number of ether oxygens (including phenoxy) is 1. The third-order valence-corrected chi connectivity index (χ3v) is 3.82. The highest BCUT2D eigenvalue weighted by atomic mass is 79.9. The Morgan fingerprint density at radius 3 is 2.47 bits per heavy atom. The fourth-order valence-electron chi connectivity index (χ4n) is 1.61. The topological polar surface area (TPSA) is 35.2 Å². The van der Waals surface area contributed by atoms with Gasteiger partial charge in [-0.2, -0.15) is 0 Å². The maximum absolute atomic E-state index is 6.00. The number of benzene rings is 1. The molecule has 0 bridgehead atoms. The van der Waals surface area contributed by atoms with Gasteiger partial charge in [-0.1, -0.05) is 26.8 Å². The Bertz CT molecular complexity index is 419. The Hall–Kier alpha value is -0.540. The fraction of sp³-hybridized carbons (Fsp3) is 0.571. The van der Waals surface area contributed by atoms with Crippen LogP contribution in [0, 0.1) is 0 Å². The molecule has 0 unspecified atom stereocenters. The van der Waals surface area contributed by atoms with Crippen molar-refractivity contribution >= 4 is 15.9 Å². The van der Waals surface area contributed by atoms with Gasteiger partial charge < -0.3 is 10.5 Å². The summed E-state index contributed by atoms with van der Waals surface area (Å²) in [6.07, 6.45) is 2.15. The van der Waals surface area contributed by atoms with E-state index in [4.69, 9.17) is 10.5 Å². The Morgan fingerprint density at radius 2 is 2.00 bits per heavy atom. The molecule has 1 fully saturated rings. The van der Waals surface area contributed by atoms with Crippen LogP contribution >= 0.6 is 15.9 Å². The van der Waals surface area contributed by atoms with Gasteiger partial charge in [-0.25, -0.2) is 0 Å². The van der Waals surface area contributed by atoms with Crippen LogP contribution < -0.4 is 10.5 Å². The van der Waals surface area contributed by atoms with E-state index in [1.807, 2.05) is 6.07 Å². The minimum absolute atomic E-state index is 0.0673. The summed E-state index contributed by atoms with van der Waals surface area (Å²) >= 11 is 3.56. The number of hydrogen-bond acceptors (Lipinski definition) is 2. The van der Waals surface area contributed by atoms with Gasteiger partial charge in [0.1, 0.15) is 12.4 Å². The Balaban J connectivity index is 2.09. The minimum Gasteiger partial charge on any atom is -0.490 e. The monoisotopic (exact) mass is 297 g/mol. The van der Waals surface area contributed by atoms with Crippen LogP contribution in [0.4, 0.5) is 0 Å². The van der Waals surface area contributed by atoms with E-state index in [2.05, 4.69) is 48.8 Å². The van der Waals surface area contributed by atoms with E-state index in [-0.39, 0.29) is 11.0 Å². The predicted molar refractivity (Wildman–Crippen MR) is 74.5 cm³/mol. The van der Waals surface area contributed by atoms with Crippen LogP contribution in [0.15, 0.2) is 22.7 Å². The van der Waals surface area contributed by atoms with Gasteiger partial charge in [0.25, 0.3) is 0 Å². The zero-order valence-electron chi connectivity index (χ0n) is 10.7. The molecule has 0 amide bonds. The van der Waals surface area contributed by atoms with Crippen molar-refractivity contribution in [3.05, 3.63) is 28.2 Å². The quantitative estimate of drug-likeness (QED) is 0.925. The smallest absolute Gasteiger partial charge is 0.133 e. The number of nitrogens with two attached hydrogens (primary N) is 1. The van der Waals surface area contributed by atoms with Crippen molar-refractivity contribution in [1.82, 2.24) is 0 Å². The molecule has 0 heterocycles. The first-order chi connectivity index (χ1) is 7.80. The lowest BCUT2D eigenvalue weighted by atomic mass is 9.87. The van der Waals surface area contributed by atoms with Gasteiger partial charge in [0.15, 0.2) is 0 Å². The van der Waals surface area contributed by atoms with E-state index >= 15 is 0 Å². The lowest BCUT2D eigenvalue weighted by Gasteiger charge is -2.20. The number of hydrogen-bond donors (Lipinski definition) is 1. The van der Waals surface area contributed by atoms with Crippen molar-refractivity contribution in [1.29, 1.82) is 0 Å². The zero-order chi connectivity index (χ0) is 12.7. The molecular weight excluding hydrogens is 278 g/mol. The van der Waals surface area contributed by atoms with Crippen LogP contribution in [0.1, 0.15) is 39.2 Å². The van der Waals surface area contributed by atoms with Gasteiger partial charge in [0.05, 0.1) is 10.0 Å². The molecule has 3 heteroatoms. The predicted octanol–water partition coefficient (Wildman–Crippen LogP) is 3.62. The standard InChI is InChI=1S/C14H20BrNO/c1-13(2,3)10-4-5-12(11(15)8-10)17-9-14(16)6-7-14/h4-5,8H,6-7,9,16H2,1-3H3. The second kappa shape index (κ2) is 4.29. The number of halogens is 1. The first-order valence-corrected chi connectivity index (χ1v) is 6.81. The molecule has 0 atom stereocenters. The molecule has 17 heavy (non-hydrogen) atoms. The molecule has 1 aromatic rings. The van der Waals surface area contributed by atoms with Crippen LogP contribution in [0.2, 0.25) is 0 Å². The van der Waals surface area contributed by atoms with Crippen LogP contribution in [0.5, 0.6) is 5.75 Å². The third-order valence-electron chi connectivity index (χ3n) is 3.21. The van der Waals surface area contributed by atoms with Gasteiger partial charge in [0.2, 0.25) is 0 Å².